The number of ketones is 1. The molecule has 21 heavy (non-hydrogen) atoms. The molecule has 0 spiro atoms. The van der Waals surface area contributed by atoms with Crippen molar-refractivity contribution in [2.24, 2.45) is 0 Å². The molecule has 0 aromatic heterocycles. The van der Waals surface area contributed by atoms with Gasteiger partial charge in [-0.15, -0.1) is 0 Å². The van der Waals surface area contributed by atoms with Crippen LogP contribution in [-0.2, 0) is 4.79 Å². The minimum absolute atomic E-state index is 0.0536. The number of aliphatic carboxylic acids is 1. The quantitative estimate of drug-likeness (QED) is 0.493. The molecule has 0 atom stereocenters. The highest BCUT2D eigenvalue weighted by Gasteiger charge is 2.06. The second-order valence-corrected chi connectivity index (χ2v) is 5.10. The minimum Gasteiger partial charge on any atom is -0.494 e. The summed E-state index contributed by atoms with van der Waals surface area (Å²) in [5.74, 6) is 0.0264. The molecule has 4 nitrogen and oxygen atoms in total. The average Bonchev–Trinajstić information content (AvgIpc) is 2.48. The highest BCUT2D eigenvalue weighted by atomic mass is 16.5. The third-order valence-electron chi connectivity index (χ3n) is 3.24. The lowest BCUT2D eigenvalue weighted by molar-refractivity contribution is -0.137. The van der Waals surface area contributed by atoms with Gasteiger partial charge in [-0.2, -0.15) is 0 Å². The molecule has 0 saturated carbocycles. The summed E-state index contributed by atoms with van der Waals surface area (Å²) in [5.41, 5.74) is 0.659. The van der Waals surface area contributed by atoms with Crippen molar-refractivity contribution in [2.75, 3.05) is 6.61 Å². The number of carbonyl (C=O) groups is 2. The molecule has 0 aliphatic heterocycles. The van der Waals surface area contributed by atoms with E-state index in [4.69, 9.17) is 9.84 Å². The van der Waals surface area contributed by atoms with Gasteiger partial charge in [0, 0.05) is 18.4 Å². The first-order valence-corrected chi connectivity index (χ1v) is 7.61. The monoisotopic (exact) mass is 292 g/mol. The lowest BCUT2D eigenvalue weighted by Gasteiger charge is -2.06. The van der Waals surface area contributed by atoms with Crippen molar-refractivity contribution in [3.63, 3.8) is 0 Å². The SMILES string of the molecule is CCCCCOc1ccc(C(=O)CCCCC(=O)O)cc1. The fourth-order valence-corrected chi connectivity index (χ4v) is 1.99. The van der Waals surface area contributed by atoms with Crippen LogP contribution in [0.15, 0.2) is 24.3 Å². The zero-order valence-corrected chi connectivity index (χ0v) is 12.6. The van der Waals surface area contributed by atoms with E-state index >= 15 is 0 Å². The summed E-state index contributed by atoms with van der Waals surface area (Å²) in [6.07, 6.45) is 5.04. The van der Waals surface area contributed by atoms with Crippen molar-refractivity contribution in [3.8, 4) is 5.75 Å². The fraction of sp³-hybridized carbons (Fsp3) is 0.529. The van der Waals surface area contributed by atoms with E-state index in [-0.39, 0.29) is 12.2 Å². The van der Waals surface area contributed by atoms with E-state index < -0.39 is 5.97 Å². The van der Waals surface area contributed by atoms with E-state index in [1.165, 1.54) is 6.42 Å². The summed E-state index contributed by atoms with van der Waals surface area (Å²) in [5, 5.41) is 8.53. The van der Waals surface area contributed by atoms with Crippen molar-refractivity contribution in [2.45, 2.75) is 51.9 Å². The molecule has 0 amide bonds. The second-order valence-electron chi connectivity index (χ2n) is 5.10. The summed E-state index contributed by atoms with van der Waals surface area (Å²) in [6.45, 7) is 2.85. The van der Waals surface area contributed by atoms with Gasteiger partial charge in [-0.1, -0.05) is 19.8 Å². The lowest BCUT2D eigenvalue weighted by atomic mass is 10.0. The molecule has 0 saturated heterocycles. The Morgan fingerprint density at radius 3 is 2.29 bits per heavy atom. The summed E-state index contributed by atoms with van der Waals surface area (Å²) in [6, 6.07) is 7.18. The van der Waals surface area contributed by atoms with E-state index in [0.717, 1.165) is 18.6 Å². The molecule has 4 heteroatoms. The van der Waals surface area contributed by atoms with Crippen LogP contribution in [0, 0.1) is 0 Å². The van der Waals surface area contributed by atoms with Gasteiger partial charge in [0.1, 0.15) is 5.75 Å². The first-order chi connectivity index (χ1) is 10.1. The number of rotatable bonds is 11. The predicted octanol–water partition coefficient (Wildman–Crippen LogP) is 4.08. The number of ether oxygens (including phenoxy) is 1. The molecule has 1 N–H and O–H groups in total. The molecule has 0 unspecified atom stereocenters. The Balaban J connectivity index is 2.31. The lowest BCUT2D eigenvalue weighted by Crippen LogP contribution is -2.01. The predicted molar refractivity (Wildman–Crippen MR) is 81.9 cm³/mol. The van der Waals surface area contributed by atoms with E-state index in [1.54, 1.807) is 12.1 Å². The molecule has 0 radical (unpaired) electrons. The van der Waals surface area contributed by atoms with Crippen LogP contribution in [0.4, 0.5) is 0 Å². The maximum atomic E-state index is 11.9. The third kappa shape index (κ3) is 7.49. The Morgan fingerprint density at radius 2 is 1.67 bits per heavy atom. The van der Waals surface area contributed by atoms with Gasteiger partial charge in [-0.3, -0.25) is 9.59 Å². The molecule has 0 bridgehead atoms. The summed E-state index contributed by atoms with van der Waals surface area (Å²) < 4.78 is 5.59. The number of hydrogen-bond acceptors (Lipinski definition) is 3. The maximum Gasteiger partial charge on any atom is 0.303 e. The van der Waals surface area contributed by atoms with E-state index in [2.05, 4.69) is 6.92 Å². The molecule has 116 valence electrons. The van der Waals surface area contributed by atoms with Crippen LogP contribution < -0.4 is 4.74 Å². The third-order valence-corrected chi connectivity index (χ3v) is 3.24. The van der Waals surface area contributed by atoms with Crippen LogP contribution >= 0.6 is 0 Å². The van der Waals surface area contributed by atoms with Crippen LogP contribution in [-0.4, -0.2) is 23.5 Å². The van der Waals surface area contributed by atoms with Gasteiger partial charge < -0.3 is 9.84 Å². The van der Waals surface area contributed by atoms with Gasteiger partial charge in [0.15, 0.2) is 5.78 Å². The van der Waals surface area contributed by atoms with Crippen molar-refractivity contribution < 1.29 is 19.4 Å². The molecule has 0 aliphatic carbocycles. The van der Waals surface area contributed by atoms with Crippen LogP contribution in [0.2, 0.25) is 0 Å². The highest BCUT2D eigenvalue weighted by Crippen LogP contribution is 2.15. The van der Waals surface area contributed by atoms with Gasteiger partial charge in [0.05, 0.1) is 6.61 Å². The minimum atomic E-state index is -0.813. The molecule has 1 aromatic carbocycles. The van der Waals surface area contributed by atoms with Crippen LogP contribution in [0.5, 0.6) is 5.75 Å². The normalized spacial score (nSPS) is 10.3. The molecule has 1 aromatic rings. The smallest absolute Gasteiger partial charge is 0.303 e. The molecule has 1 rings (SSSR count). The topological polar surface area (TPSA) is 63.6 Å². The Morgan fingerprint density at radius 1 is 1.00 bits per heavy atom. The number of Topliss-reactive ketones (excluding diaryl/α,β-unsaturated/α-hetero) is 1. The van der Waals surface area contributed by atoms with Crippen molar-refractivity contribution in [1.29, 1.82) is 0 Å². The highest BCUT2D eigenvalue weighted by molar-refractivity contribution is 5.96. The van der Waals surface area contributed by atoms with E-state index in [1.807, 2.05) is 12.1 Å². The van der Waals surface area contributed by atoms with Gasteiger partial charge in [-0.05, 0) is 43.5 Å². The molecule has 0 fully saturated rings. The Labute approximate surface area is 126 Å². The zero-order valence-electron chi connectivity index (χ0n) is 12.6. The summed E-state index contributed by atoms with van der Waals surface area (Å²) >= 11 is 0. The molecular weight excluding hydrogens is 268 g/mol. The van der Waals surface area contributed by atoms with Crippen LogP contribution in [0.3, 0.4) is 0 Å². The van der Waals surface area contributed by atoms with Gasteiger partial charge >= 0.3 is 5.97 Å². The van der Waals surface area contributed by atoms with Gasteiger partial charge in [0.25, 0.3) is 0 Å². The Bertz CT molecular complexity index is 437. The standard InChI is InChI=1S/C17H24O4/c1-2-3-6-13-21-15-11-9-14(10-12-15)16(18)7-4-5-8-17(19)20/h9-12H,2-8,13H2,1H3,(H,19,20). The molecule has 0 aliphatic rings. The van der Waals surface area contributed by atoms with E-state index in [0.29, 0.717) is 31.4 Å². The Kier molecular flexibility index (Phi) is 8.17. The summed E-state index contributed by atoms with van der Waals surface area (Å²) in [4.78, 5) is 22.3. The summed E-state index contributed by atoms with van der Waals surface area (Å²) in [7, 11) is 0. The number of carbonyl (C=O) groups excluding carboxylic acids is 1. The first kappa shape index (κ1) is 17.2. The van der Waals surface area contributed by atoms with Gasteiger partial charge in [-0.25, -0.2) is 0 Å². The van der Waals surface area contributed by atoms with Crippen molar-refractivity contribution in [3.05, 3.63) is 29.8 Å². The van der Waals surface area contributed by atoms with Crippen LogP contribution in [0.1, 0.15) is 62.2 Å². The zero-order chi connectivity index (χ0) is 15.5. The number of benzene rings is 1. The van der Waals surface area contributed by atoms with E-state index in [9.17, 15) is 9.59 Å². The number of carboxylic acid groups (broad SMARTS) is 1. The average molecular weight is 292 g/mol. The maximum absolute atomic E-state index is 11.9. The molecular formula is C17H24O4. The largest absolute Gasteiger partial charge is 0.494 e. The van der Waals surface area contributed by atoms with Crippen molar-refractivity contribution in [1.82, 2.24) is 0 Å². The van der Waals surface area contributed by atoms with Crippen LogP contribution in [0.25, 0.3) is 0 Å². The Hall–Kier alpha value is -1.84. The number of unbranched alkanes of at least 4 members (excludes halogenated alkanes) is 3. The van der Waals surface area contributed by atoms with Gasteiger partial charge in [0.2, 0.25) is 0 Å². The van der Waals surface area contributed by atoms with Crippen molar-refractivity contribution >= 4 is 11.8 Å². The fourth-order valence-electron chi connectivity index (χ4n) is 1.99. The first-order valence-electron chi connectivity index (χ1n) is 7.61. The molecule has 0 heterocycles. The second kappa shape index (κ2) is 9.97. The number of hydrogen-bond donors (Lipinski definition) is 1. The number of carboxylic acids is 1.